The molecule has 3 aromatic carbocycles. The highest BCUT2D eigenvalue weighted by molar-refractivity contribution is 5.99. The van der Waals surface area contributed by atoms with Gasteiger partial charge in [-0.1, -0.05) is 78.9 Å². The number of carbonyl (C=O) groups is 2. The summed E-state index contributed by atoms with van der Waals surface area (Å²) in [5.74, 6) is -0.199. The monoisotopic (exact) mass is 496 g/mol. The lowest BCUT2D eigenvalue weighted by Gasteiger charge is -2.39. The normalized spacial score (nSPS) is 17.6. The molecule has 2 aliphatic heterocycles. The summed E-state index contributed by atoms with van der Waals surface area (Å²) in [5.41, 5.74) is 4.81. The van der Waals surface area contributed by atoms with Gasteiger partial charge in [0.15, 0.2) is 0 Å². The minimum Gasteiger partial charge on any atom is -0.369 e. The van der Waals surface area contributed by atoms with Gasteiger partial charge in [-0.3, -0.25) is 24.3 Å². The first-order valence-electron chi connectivity index (χ1n) is 13.3. The number of carbonyl (C=O) groups excluding carboxylic acids is 2. The van der Waals surface area contributed by atoms with Gasteiger partial charge in [-0.05, 0) is 42.6 Å². The fourth-order valence-electron chi connectivity index (χ4n) is 5.61. The van der Waals surface area contributed by atoms with Crippen molar-refractivity contribution in [2.75, 3.05) is 57.3 Å². The van der Waals surface area contributed by atoms with Gasteiger partial charge in [0, 0.05) is 38.4 Å². The molecule has 5 rings (SSSR count). The fraction of sp³-hybridized carbons (Fsp3) is 0.355. The Kier molecular flexibility index (Phi) is 7.97. The minimum absolute atomic E-state index is 0.0996. The van der Waals surface area contributed by atoms with Crippen LogP contribution >= 0.6 is 0 Å². The lowest BCUT2D eigenvalue weighted by Crippen LogP contribution is -2.55. The summed E-state index contributed by atoms with van der Waals surface area (Å²) in [5, 5.41) is 0. The summed E-state index contributed by atoms with van der Waals surface area (Å²) in [6.07, 6.45) is 0.808. The third kappa shape index (κ3) is 5.92. The molecule has 0 atom stereocenters. The van der Waals surface area contributed by atoms with E-state index in [0.29, 0.717) is 6.54 Å². The molecule has 0 N–H and O–H groups in total. The maximum absolute atomic E-state index is 13.1. The molecule has 37 heavy (non-hydrogen) atoms. The van der Waals surface area contributed by atoms with Crippen LogP contribution in [0, 0.1) is 6.92 Å². The van der Waals surface area contributed by atoms with Crippen LogP contribution in [0.1, 0.15) is 29.2 Å². The predicted molar refractivity (Wildman–Crippen MR) is 147 cm³/mol. The summed E-state index contributed by atoms with van der Waals surface area (Å²) in [6, 6.07) is 28.7. The molecule has 192 valence electrons. The summed E-state index contributed by atoms with van der Waals surface area (Å²) < 4.78 is 0. The molecule has 0 spiro atoms. The van der Waals surface area contributed by atoms with E-state index in [1.165, 1.54) is 16.2 Å². The maximum Gasteiger partial charge on any atom is 0.243 e. The first-order chi connectivity index (χ1) is 18.1. The zero-order valence-electron chi connectivity index (χ0n) is 21.6. The van der Waals surface area contributed by atoms with Crippen molar-refractivity contribution >= 4 is 17.5 Å². The van der Waals surface area contributed by atoms with Gasteiger partial charge in [-0.25, -0.2) is 0 Å². The number of aryl methyl sites for hydroxylation is 1. The molecular weight excluding hydrogens is 460 g/mol. The molecule has 2 aliphatic rings. The van der Waals surface area contributed by atoms with Crippen LogP contribution in [0.15, 0.2) is 84.9 Å². The molecule has 0 aliphatic carbocycles. The number of hydrogen-bond donors (Lipinski definition) is 0. The summed E-state index contributed by atoms with van der Waals surface area (Å²) in [6.45, 7) is 8.05. The van der Waals surface area contributed by atoms with Crippen molar-refractivity contribution in [1.29, 1.82) is 0 Å². The number of benzene rings is 3. The van der Waals surface area contributed by atoms with Crippen LogP contribution in [0.4, 0.5) is 5.69 Å². The van der Waals surface area contributed by atoms with Gasteiger partial charge in [0.1, 0.15) is 0 Å². The zero-order chi connectivity index (χ0) is 25.6. The number of piperazine rings is 2. The van der Waals surface area contributed by atoms with Crippen LogP contribution in [0.2, 0.25) is 0 Å². The Labute approximate surface area is 220 Å². The van der Waals surface area contributed by atoms with E-state index in [2.05, 4.69) is 65.3 Å². The van der Waals surface area contributed by atoms with Crippen molar-refractivity contribution in [2.45, 2.75) is 19.4 Å². The Hall–Kier alpha value is -3.48. The zero-order valence-corrected chi connectivity index (χ0v) is 21.6. The number of nitrogens with zero attached hydrogens (tertiary/aromatic N) is 4. The Morgan fingerprint density at radius 1 is 0.676 bits per heavy atom. The van der Waals surface area contributed by atoms with E-state index in [1.807, 2.05) is 41.3 Å². The molecule has 6 heteroatoms. The van der Waals surface area contributed by atoms with Gasteiger partial charge >= 0.3 is 0 Å². The molecule has 0 bridgehead atoms. The lowest BCUT2D eigenvalue weighted by molar-refractivity contribution is -0.152. The molecule has 2 fully saturated rings. The third-order valence-electron chi connectivity index (χ3n) is 7.56. The van der Waals surface area contributed by atoms with Crippen molar-refractivity contribution in [1.82, 2.24) is 14.7 Å². The topological polar surface area (TPSA) is 47.1 Å². The summed E-state index contributed by atoms with van der Waals surface area (Å²) >= 11 is 0. The third-order valence-corrected chi connectivity index (χ3v) is 7.56. The summed E-state index contributed by atoms with van der Waals surface area (Å²) in [4.78, 5) is 34.7. The molecule has 0 saturated carbocycles. The first kappa shape index (κ1) is 25.2. The standard InChI is InChI=1S/C31H36N4O2/c1-25-11-8-9-16-28(25)33-21-19-32(20-22-33)17-10-18-35-29(36)23-34(24-30(35)37)31(26-12-4-2-5-13-26)27-14-6-3-7-15-27/h2-9,11-16,31H,10,17-24H2,1H3. The highest BCUT2D eigenvalue weighted by Crippen LogP contribution is 2.30. The molecule has 0 aromatic heterocycles. The maximum atomic E-state index is 13.1. The van der Waals surface area contributed by atoms with E-state index in [0.717, 1.165) is 50.3 Å². The summed E-state index contributed by atoms with van der Waals surface area (Å²) in [7, 11) is 0. The van der Waals surface area contributed by atoms with Crippen molar-refractivity contribution in [3.8, 4) is 0 Å². The largest absolute Gasteiger partial charge is 0.369 e. The lowest BCUT2D eigenvalue weighted by atomic mass is 9.96. The molecule has 6 nitrogen and oxygen atoms in total. The number of anilines is 1. The van der Waals surface area contributed by atoms with Crippen molar-refractivity contribution in [3.63, 3.8) is 0 Å². The highest BCUT2D eigenvalue weighted by atomic mass is 16.2. The molecule has 2 saturated heterocycles. The van der Waals surface area contributed by atoms with E-state index in [-0.39, 0.29) is 30.9 Å². The number of para-hydroxylation sites is 1. The van der Waals surface area contributed by atoms with Gasteiger partial charge in [0.2, 0.25) is 11.8 Å². The number of rotatable bonds is 8. The highest BCUT2D eigenvalue weighted by Gasteiger charge is 2.35. The van der Waals surface area contributed by atoms with E-state index < -0.39 is 0 Å². The van der Waals surface area contributed by atoms with E-state index >= 15 is 0 Å². The van der Waals surface area contributed by atoms with Gasteiger partial charge in [-0.15, -0.1) is 0 Å². The predicted octanol–water partition coefficient (Wildman–Crippen LogP) is 3.97. The number of imide groups is 1. The van der Waals surface area contributed by atoms with Gasteiger partial charge in [0.25, 0.3) is 0 Å². The Morgan fingerprint density at radius 3 is 1.78 bits per heavy atom. The number of amides is 2. The van der Waals surface area contributed by atoms with Crippen LogP contribution in [-0.2, 0) is 9.59 Å². The van der Waals surface area contributed by atoms with Crippen molar-refractivity contribution in [2.24, 2.45) is 0 Å². The second kappa shape index (κ2) is 11.7. The fourth-order valence-corrected chi connectivity index (χ4v) is 5.61. The van der Waals surface area contributed by atoms with E-state index in [1.54, 1.807) is 0 Å². The van der Waals surface area contributed by atoms with Crippen LogP contribution in [0.25, 0.3) is 0 Å². The second-order valence-corrected chi connectivity index (χ2v) is 10.0. The Morgan fingerprint density at radius 2 is 1.22 bits per heavy atom. The average Bonchev–Trinajstić information content (AvgIpc) is 2.92. The van der Waals surface area contributed by atoms with Gasteiger partial charge in [0.05, 0.1) is 19.1 Å². The number of hydrogen-bond acceptors (Lipinski definition) is 5. The van der Waals surface area contributed by atoms with Gasteiger partial charge in [-0.2, -0.15) is 0 Å². The van der Waals surface area contributed by atoms with Crippen molar-refractivity contribution in [3.05, 3.63) is 102 Å². The molecule has 0 radical (unpaired) electrons. The average molecular weight is 497 g/mol. The molecule has 2 heterocycles. The molecule has 0 unspecified atom stereocenters. The molecular formula is C31H36N4O2. The Balaban J connectivity index is 1.15. The van der Waals surface area contributed by atoms with E-state index in [4.69, 9.17) is 0 Å². The molecule has 2 amide bonds. The minimum atomic E-state index is -0.123. The van der Waals surface area contributed by atoms with Crippen LogP contribution in [0.3, 0.4) is 0 Å². The van der Waals surface area contributed by atoms with Crippen LogP contribution < -0.4 is 4.90 Å². The van der Waals surface area contributed by atoms with Crippen LogP contribution in [-0.4, -0.2) is 78.9 Å². The smallest absolute Gasteiger partial charge is 0.243 e. The van der Waals surface area contributed by atoms with Crippen LogP contribution in [0.5, 0.6) is 0 Å². The van der Waals surface area contributed by atoms with E-state index in [9.17, 15) is 9.59 Å². The van der Waals surface area contributed by atoms with Crippen molar-refractivity contribution < 1.29 is 9.59 Å². The quantitative estimate of drug-likeness (QED) is 0.442. The first-order valence-corrected chi connectivity index (χ1v) is 13.3. The molecule has 3 aromatic rings. The SMILES string of the molecule is Cc1ccccc1N1CCN(CCCN2C(=O)CN(C(c3ccccc3)c3ccccc3)CC2=O)CC1. The van der Waals surface area contributed by atoms with Gasteiger partial charge < -0.3 is 4.90 Å². The Bertz CT molecular complexity index is 1130. The second-order valence-electron chi connectivity index (χ2n) is 10.0.